The van der Waals surface area contributed by atoms with Crippen molar-refractivity contribution < 1.29 is 8.78 Å². The highest BCUT2D eigenvalue weighted by molar-refractivity contribution is 5.00. The molecule has 0 aromatic heterocycles. The predicted octanol–water partition coefficient (Wildman–Crippen LogP) is 0.580. The molecule has 4 heteroatoms. The molecule has 0 bridgehead atoms. The molecule has 1 aliphatic carbocycles. The standard InChI is InChI=1S/C7H14F2N2/c1-11-5-6(4-10)2-7(8,9)3-6/h11H,2-5,10H2,1H3. The highest BCUT2D eigenvalue weighted by atomic mass is 19.3. The Kier molecular flexibility index (Phi) is 2.16. The van der Waals surface area contributed by atoms with Gasteiger partial charge >= 0.3 is 0 Å². The molecule has 0 amide bonds. The van der Waals surface area contributed by atoms with Gasteiger partial charge in [0, 0.05) is 24.8 Å². The van der Waals surface area contributed by atoms with E-state index in [1.54, 1.807) is 7.05 Å². The molecule has 1 aliphatic rings. The monoisotopic (exact) mass is 164 g/mol. The van der Waals surface area contributed by atoms with E-state index < -0.39 is 5.92 Å². The topological polar surface area (TPSA) is 38.0 Å². The fraction of sp³-hybridized carbons (Fsp3) is 1.00. The molecule has 0 unspecified atom stereocenters. The Morgan fingerprint density at radius 3 is 2.27 bits per heavy atom. The molecular weight excluding hydrogens is 150 g/mol. The minimum atomic E-state index is -2.46. The molecule has 1 fully saturated rings. The van der Waals surface area contributed by atoms with Gasteiger partial charge in [0.15, 0.2) is 0 Å². The van der Waals surface area contributed by atoms with Gasteiger partial charge in [0.1, 0.15) is 0 Å². The van der Waals surface area contributed by atoms with Crippen LogP contribution in [0, 0.1) is 5.41 Å². The Balaban J connectivity index is 2.43. The van der Waals surface area contributed by atoms with Crippen molar-refractivity contribution in [3.63, 3.8) is 0 Å². The summed E-state index contributed by atoms with van der Waals surface area (Å²) in [5.41, 5.74) is 5.07. The fourth-order valence-corrected chi connectivity index (χ4v) is 1.76. The first-order chi connectivity index (χ1) is 5.04. The molecule has 0 atom stereocenters. The average Bonchev–Trinajstić information content (AvgIpc) is 1.84. The quantitative estimate of drug-likeness (QED) is 0.640. The minimum absolute atomic E-state index is 0.0582. The van der Waals surface area contributed by atoms with Crippen LogP contribution < -0.4 is 11.1 Å². The van der Waals surface area contributed by atoms with Crippen LogP contribution in [0.1, 0.15) is 12.8 Å². The van der Waals surface area contributed by atoms with Crippen LogP contribution in [-0.2, 0) is 0 Å². The van der Waals surface area contributed by atoms with Crippen LogP contribution in [0.4, 0.5) is 8.78 Å². The third-order valence-corrected chi connectivity index (χ3v) is 2.25. The van der Waals surface area contributed by atoms with Crippen LogP contribution in [0.2, 0.25) is 0 Å². The highest BCUT2D eigenvalue weighted by Crippen LogP contribution is 2.50. The largest absolute Gasteiger partial charge is 0.330 e. The van der Waals surface area contributed by atoms with Gasteiger partial charge in [-0.1, -0.05) is 0 Å². The smallest absolute Gasteiger partial charge is 0.249 e. The van der Waals surface area contributed by atoms with Crippen molar-refractivity contribution in [2.75, 3.05) is 20.1 Å². The lowest BCUT2D eigenvalue weighted by Gasteiger charge is -2.46. The number of nitrogens with two attached hydrogens (primary N) is 1. The van der Waals surface area contributed by atoms with Crippen molar-refractivity contribution >= 4 is 0 Å². The van der Waals surface area contributed by atoms with E-state index in [0.717, 1.165) is 0 Å². The van der Waals surface area contributed by atoms with E-state index in [1.165, 1.54) is 0 Å². The van der Waals surface area contributed by atoms with Gasteiger partial charge in [-0.05, 0) is 13.6 Å². The molecule has 0 saturated heterocycles. The average molecular weight is 164 g/mol. The summed E-state index contributed by atoms with van der Waals surface area (Å²) in [6, 6.07) is 0. The van der Waals surface area contributed by atoms with Crippen molar-refractivity contribution in [3.8, 4) is 0 Å². The number of hydrogen-bond acceptors (Lipinski definition) is 2. The summed E-state index contributed by atoms with van der Waals surface area (Å²) in [5, 5.41) is 2.89. The van der Waals surface area contributed by atoms with E-state index in [-0.39, 0.29) is 18.3 Å². The zero-order valence-electron chi connectivity index (χ0n) is 6.66. The van der Waals surface area contributed by atoms with E-state index >= 15 is 0 Å². The normalized spacial score (nSPS) is 26.2. The second kappa shape index (κ2) is 2.68. The molecule has 3 N–H and O–H groups in total. The molecule has 66 valence electrons. The summed E-state index contributed by atoms with van der Waals surface area (Å²) in [4.78, 5) is 0. The van der Waals surface area contributed by atoms with Gasteiger partial charge in [-0.3, -0.25) is 0 Å². The zero-order valence-corrected chi connectivity index (χ0v) is 6.66. The molecule has 1 rings (SSSR count). The Morgan fingerprint density at radius 1 is 1.45 bits per heavy atom. The van der Waals surface area contributed by atoms with Crippen LogP contribution in [0.15, 0.2) is 0 Å². The summed E-state index contributed by atoms with van der Waals surface area (Å²) >= 11 is 0. The summed E-state index contributed by atoms with van der Waals surface area (Å²) in [6.45, 7) is 0.947. The van der Waals surface area contributed by atoms with Crippen LogP contribution in [0.3, 0.4) is 0 Å². The predicted molar refractivity (Wildman–Crippen MR) is 39.6 cm³/mol. The van der Waals surface area contributed by atoms with Gasteiger partial charge in [-0.25, -0.2) is 8.78 Å². The van der Waals surface area contributed by atoms with Crippen molar-refractivity contribution in [1.82, 2.24) is 5.32 Å². The highest BCUT2D eigenvalue weighted by Gasteiger charge is 2.55. The SMILES string of the molecule is CNCC1(CN)CC(F)(F)C1. The van der Waals surface area contributed by atoms with Crippen LogP contribution in [0.5, 0.6) is 0 Å². The molecule has 0 radical (unpaired) electrons. The van der Waals surface area contributed by atoms with Crippen molar-refractivity contribution in [1.29, 1.82) is 0 Å². The lowest BCUT2D eigenvalue weighted by Crippen LogP contribution is -2.54. The van der Waals surface area contributed by atoms with Crippen molar-refractivity contribution in [2.24, 2.45) is 11.1 Å². The summed E-state index contributed by atoms with van der Waals surface area (Å²) in [5.74, 6) is -2.46. The maximum atomic E-state index is 12.5. The molecule has 0 aliphatic heterocycles. The maximum absolute atomic E-state index is 12.5. The number of rotatable bonds is 3. The van der Waals surface area contributed by atoms with Crippen molar-refractivity contribution in [3.05, 3.63) is 0 Å². The van der Waals surface area contributed by atoms with Gasteiger partial charge in [0.05, 0.1) is 0 Å². The number of hydrogen-bond donors (Lipinski definition) is 2. The third kappa shape index (κ3) is 1.68. The Bertz CT molecular complexity index is 139. The summed E-state index contributed by atoms with van der Waals surface area (Å²) in [7, 11) is 1.76. The first kappa shape index (κ1) is 8.87. The second-order valence-electron chi connectivity index (χ2n) is 3.44. The molecule has 0 spiro atoms. The van der Waals surface area contributed by atoms with Crippen LogP contribution >= 0.6 is 0 Å². The van der Waals surface area contributed by atoms with Crippen LogP contribution in [-0.4, -0.2) is 26.1 Å². The molecule has 0 aromatic rings. The molecule has 0 heterocycles. The summed E-state index contributed by atoms with van der Waals surface area (Å²) < 4.78 is 24.9. The fourth-order valence-electron chi connectivity index (χ4n) is 1.76. The first-order valence-corrected chi connectivity index (χ1v) is 3.76. The van der Waals surface area contributed by atoms with Crippen molar-refractivity contribution in [2.45, 2.75) is 18.8 Å². The van der Waals surface area contributed by atoms with E-state index in [9.17, 15) is 8.78 Å². The second-order valence-corrected chi connectivity index (χ2v) is 3.44. The zero-order chi connectivity index (χ0) is 8.54. The number of alkyl halides is 2. The summed E-state index contributed by atoms with van der Waals surface area (Å²) in [6.07, 6.45) is -0.116. The van der Waals surface area contributed by atoms with Gasteiger partial charge in [-0.2, -0.15) is 0 Å². The van der Waals surface area contributed by atoms with Gasteiger partial charge < -0.3 is 11.1 Å². The Morgan fingerprint density at radius 2 is 2.00 bits per heavy atom. The molecule has 2 nitrogen and oxygen atoms in total. The van der Waals surface area contributed by atoms with Gasteiger partial charge in [-0.15, -0.1) is 0 Å². The number of halogens is 2. The first-order valence-electron chi connectivity index (χ1n) is 3.76. The lowest BCUT2D eigenvalue weighted by atomic mass is 9.66. The van der Waals surface area contributed by atoms with E-state index in [0.29, 0.717) is 13.1 Å². The van der Waals surface area contributed by atoms with Crippen LogP contribution in [0.25, 0.3) is 0 Å². The molecular formula is C7H14F2N2. The molecule has 0 aromatic carbocycles. The van der Waals surface area contributed by atoms with Gasteiger partial charge in [0.2, 0.25) is 5.92 Å². The molecule has 1 saturated carbocycles. The minimum Gasteiger partial charge on any atom is -0.330 e. The Hall–Kier alpha value is -0.220. The third-order valence-electron chi connectivity index (χ3n) is 2.25. The Labute approximate surface area is 65.1 Å². The maximum Gasteiger partial charge on any atom is 0.249 e. The van der Waals surface area contributed by atoms with E-state index in [4.69, 9.17) is 5.73 Å². The van der Waals surface area contributed by atoms with Gasteiger partial charge in [0.25, 0.3) is 0 Å². The lowest BCUT2D eigenvalue weighted by molar-refractivity contribution is -0.155. The molecule has 11 heavy (non-hydrogen) atoms. The van der Waals surface area contributed by atoms with E-state index in [2.05, 4.69) is 5.32 Å². The number of nitrogens with one attached hydrogen (secondary N) is 1. The van der Waals surface area contributed by atoms with E-state index in [1.807, 2.05) is 0 Å².